The highest BCUT2D eigenvalue weighted by Crippen LogP contribution is 2.18. The lowest BCUT2D eigenvalue weighted by Crippen LogP contribution is -2.39. The molecule has 6 heteroatoms. The largest absolute Gasteiger partial charge is 0.480 e. The van der Waals surface area contributed by atoms with E-state index in [2.05, 4.69) is 15.9 Å². The zero-order valence-corrected chi connectivity index (χ0v) is 13.7. The molecule has 0 saturated heterocycles. The van der Waals surface area contributed by atoms with Gasteiger partial charge < -0.3 is 14.6 Å². The second-order valence-corrected chi connectivity index (χ2v) is 6.13. The molecule has 112 valence electrons. The Bertz CT molecular complexity index is 483. The third-order valence-electron chi connectivity index (χ3n) is 2.75. The zero-order chi connectivity index (χ0) is 15.3. The maximum Gasteiger partial charge on any atom is 0.323 e. The summed E-state index contributed by atoms with van der Waals surface area (Å²) in [6.45, 7) is 6.85. The first-order chi connectivity index (χ1) is 9.35. The second kappa shape index (κ2) is 7.47. The Balaban J connectivity index is 3.01. The molecule has 1 heterocycles. The summed E-state index contributed by atoms with van der Waals surface area (Å²) >= 11 is 3.36. The lowest BCUT2D eigenvalue weighted by Gasteiger charge is -2.23. The van der Waals surface area contributed by atoms with E-state index in [1.807, 2.05) is 31.5 Å². The molecule has 1 aromatic rings. The normalized spacial score (nSPS) is 10.8. The highest BCUT2D eigenvalue weighted by atomic mass is 79.9. The molecule has 0 bridgehead atoms. The molecule has 0 fully saturated rings. The van der Waals surface area contributed by atoms with Gasteiger partial charge in [-0.3, -0.25) is 9.59 Å². The Labute approximate surface area is 127 Å². The monoisotopic (exact) mass is 344 g/mol. The van der Waals surface area contributed by atoms with Crippen LogP contribution in [0.4, 0.5) is 0 Å². The minimum atomic E-state index is -0.994. The van der Waals surface area contributed by atoms with E-state index in [1.165, 1.54) is 4.90 Å². The molecule has 0 aromatic carbocycles. The lowest BCUT2D eigenvalue weighted by atomic mass is 10.2. The summed E-state index contributed by atoms with van der Waals surface area (Å²) in [5, 5.41) is 8.96. The van der Waals surface area contributed by atoms with Crippen molar-refractivity contribution in [3.8, 4) is 0 Å². The highest BCUT2D eigenvalue weighted by molar-refractivity contribution is 9.10. The minimum absolute atomic E-state index is 0.219. The Morgan fingerprint density at radius 2 is 2.10 bits per heavy atom. The van der Waals surface area contributed by atoms with Gasteiger partial charge in [0.05, 0.1) is 0 Å². The number of carbonyl (C=O) groups is 2. The van der Waals surface area contributed by atoms with Gasteiger partial charge in [-0.25, -0.2) is 0 Å². The van der Waals surface area contributed by atoms with Crippen LogP contribution in [0.2, 0.25) is 0 Å². The quantitative estimate of drug-likeness (QED) is 0.827. The van der Waals surface area contributed by atoms with E-state index in [9.17, 15) is 9.59 Å². The smallest absolute Gasteiger partial charge is 0.323 e. The fraction of sp³-hybridized carbons (Fsp3) is 0.571. The topological polar surface area (TPSA) is 62.5 Å². The third kappa shape index (κ3) is 4.67. The second-order valence-electron chi connectivity index (χ2n) is 5.21. The number of aromatic nitrogens is 1. The lowest BCUT2D eigenvalue weighted by molar-refractivity contribution is -0.137. The predicted molar refractivity (Wildman–Crippen MR) is 80.8 cm³/mol. The van der Waals surface area contributed by atoms with E-state index >= 15 is 0 Å². The number of aliphatic carboxylic acids is 1. The molecule has 1 N–H and O–H groups in total. The molecule has 0 spiro atoms. The highest BCUT2D eigenvalue weighted by Gasteiger charge is 2.22. The summed E-state index contributed by atoms with van der Waals surface area (Å²) in [6, 6.07) is 1.74. The molecule has 0 aliphatic rings. The van der Waals surface area contributed by atoms with E-state index < -0.39 is 5.97 Å². The van der Waals surface area contributed by atoms with Gasteiger partial charge in [0.25, 0.3) is 5.91 Å². The van der Waals surface area contributed by atoms with Gasteiger partial charge in [0.15, 0.2) is 0 Å². The van der Waals surface area contributed by atoms with Crippen molar-refractivity contribution in [3.05, 3.63) is 22.4 Å². The predicted octanol–water partition coefficient (Wildman–Crippen LogP) is 2.84. The Kier molecular flexibility index (Phi) is 6.26. The molecule has 0 atom stereocenters. The number of carboxylic acid groups (broad SMARTS) is 1. The Morgan fingerprint density at radius 1 is 1.45 bits per heavy atom. The van der Waals surface area contributed by atoms with Crippen LogP contribution in [0.25, 0.3) is 0 Å². The summed E-state index contributed by atoms with van der Waals surface area (Å²) in [7, 11) is 0. The average Bonchev–Trinajstić information content (AvgIpc) is 2.68. The number of rotatable bonds is 7. The number of hydrogen-bond acceptors (Lipinski definition) is 2. The van der Waals surface area contributed by atoms with Gasteiger partial charge in [0.1, 0.15) is 12.2 Å². The van der Waals surface area contributed by atoms with Crippen LogP contribution in [0, 0.1) is 5.92 Å². The standard InChI is InChI=1S/C14H21BrN2O3/c1-4-5-16-8-11(15)6-12(16)14(20)17(7-10(2)3)9-13(18)19/h6,8,10H,4-5,7,9H2,1-3H3,(H,18,19). The number of carboxylic acids is 1. The first-order valence-corrected chi connectivity index (χ1v) is 7.51. The first-order valence-electron chi connectivity index (χ1n) is 6.71. The van der Waals surface area contributed by atoms with Crippen LogP contribution in [0.15, 0.2) is 16.7 Å². The van der Waals surface area contributed by atoms with Crippen LogP contribution in [0.5, 0.6) is 0 Å². The number of halogens is 1. The van der Waals surface area contributed by atoms with Crippen LogP contribution in [-0.2, 0) is 11.3 Å². The molecular weight excluding hydrogens is 324 g/mol. The maximum absolute atomic E-state index is 12.5. The number of aryl methyl sites for hydroxylation is 1. The molecule has 0 aliphatic carbocycles. The molecular formula is C14H21BrN2O3. The van der Waals surface area contributed by atoms with Gasteiger partial charge in [-0.05, 0) is 34.3 Å². The first kappa shape index (κ1) is 16.8. The number of nitrogens with zero attached hydrogens (tertiary/aromatic N) is 2. The van der Waals surface area contributed by atoms with Gasteiger partial charge >= 0.3 is 5.97 Å². The fourth-order valence-electron chi connectivity index (χ4n) is 2.07. The summed E-state index contributed by atoms with van der Waals surface area (Å²) < 4.78 is 2.69. The summed E-state index contributed by atoms with van der Waals surface area (Å²) in [6.07, 6.45) is 2.76. The summed E-state index contributed by atoms with van der Waals surface area (Å²) in [5.74, 6) is -1.01. The molecule has 1 amide bonds. The van der Waals surface area contributed by atoms with Gasteiger partial charge in [-0.2, -0.15) is 0 Å². The van der Waals surface area contributed by atoms with Crippen molar-refractivity contribution in [3.63, 3.8) is 0 Å². The number of hydrogen-bond donors (Lipinski definition) is 1. The van der Waals surface area contributed by atoms with Gasteiger partial charge in [0, 0.05) is 23.8 Å². The van der Waals surface area contributed by atoms with E-state index in [0.29, 0.717) is 12.2 Å². The SMILES string of the molecule is CCCn1cc(Br)cc1C(=O)N(CC(=O)O)CC(C)C. The van der Waals surface area contributed by atoms with Crippen LogP contribution < -0.4 is 0 Å². The van der Waals surface area contributed by atoms with Crippen LogP contribution >= 0.6 is 15.9 Å². The zero-order valence-electron chi connectivity index (χ0n) is 12.1. The van der Waals surface area contributed by atoms with Crippen LogP contribution in [-0.4, -0.2) is 39.5 Å². The number of amides is 1. The third-order valence-corrected chi connectivity index (χ3v) is 3.18. The van der Waals surface area contributed by atoms with Crippen molar-refractivity contribution in [1.29, 1.82) is 0 Å². The molecule has 0 unspecified atom stereocenters. The van der Waals surface area contributed by atoms with Gasteiger partial charge in [-0.1, -0.05) is 20.8 Å². The maximum atomic E-state index is 12.5. The molecule has 0 saturated carbocycles. The van der Waals surface area contributed by atoms with Crippen molar-refractivity contribution in [2.75, 3.05) is 13.1 Å². The van der Waals surface area contributed by atoms with Crippen molar-refractivity contribution in [2.45, 2.75) is 33.7 Å². The molecule has 0 aliphatic heterocycles. The van der Waals surface area contributed by atoms with Gasteiger partial charge in [-0.15, -0.1) is 0 Å². The summed E-state index contributed by atoms with van der Waals surface area (Å²) in [5.41, 5.74) is 0.528. The van der Waals surface area contributed by atoms with Gasteiger partial charge in [0.2, 0.25) is 0 Å². The fourth-order valence-corrected chi connectivity index (χ4v) is 2.53. The van der Waals surface area contributed by atoms with E-state index in [1.54, 1.807) is 6.07 Å². The number of carbonyl (C=O) groups excluding carboxylic acids is 1. The summed E-state index contributed by atoms with van der Waals surface area (Å²) in [4.78, 5) is 24.9. The minimum Gasteiger partial charge on any atom is -0.480 e. The van der Waals surface area contributed by atoms with Crippen LogP contribution in [0.1, 0.15) is 37.7 Å². The molecule has 1 rings (SSSR count). The molecule has 1 aromatic heterocycles. The van der Waals surface area contributed by atoms with Crippen molar-refractivity contribution < 1.29 is 14.7 Å². The van der Waals surface area contributed by atoms with E-state index in [4.69, 9.17) is 5.11 Å². The van der Waals surface area contributed by atoms with Crippen molar-refractivity contribution in [2.24, 2.45) is 5.92 Å². The Morgan fingerprint density at radius 3 is 2.60 bits per heavy atom. The molecule has 0 radical (unpaired) electrons. The Hall–Kier alpha value is -1.30. The van der Waals surface area contributed by atoms with E-state index in [0.717, 1.165) is 17.4 Å². The van der Waals surface area contributed by atoms with Crippen molar-refractivity contribution >= 4 is 27.8 Å². The average molecular weight is 345 g/mol. The van der Waals surface area contributed by atoms with E-state index in [-0.39, 0.29) is 18.4 Å². The van der Waals surface area contributed by atoms with Crippen molar-refractivity contribution in [1.82, 2.24) is 9.47 Å². The molecule has 20 heavy (non-hydrogen) atoms. The van der Waals surface area contributed by atoms with Crippen LogP contribution in [0.3, 0.4) is 0 Å². The molecule has 5 nitrogen and oxygen atoms in total.